The third-order valence-corrected chi connectivity index (χ3v) is 3.51. The molecule has 0 fully saturated rings. The molecule has 5 heteroatoms. The molecule has 1 aliphatic rings. The molecule has 0 spiro atoms. The van der Waals surface area contributed by atoms with Crippen LogP contribution in [0.5, 0.6) is 11.6 Å². The van der Waals surface area contributed by atoms with Crippen LogP contribution in [0.25, 0.3) is 0 Å². The van der Waals surface area contributed by atoms with Gasteiger partial charge in [-0.2, -0.15) is 0 Å². The molecule has 0 unspecified atom stereocenters. The molecule has 0 bridgehead atoms. The summed E-state index contributed by atoms with van der Waals surface area (Å²) in [6.45, 7) is 0. The minimum Gasteiger partial charge on any atom is -0.436 e. The lowest BCUT2D eigenvalue weighted by Gasteiger charge is -2.10. The monoisotopic (exact) mass is 305 g/mol. The second-order valence-electron chi connectivity index (χ2n) is 4.24. The highest BCUT2D eigenvalue weighted by molar-refractivity contribution is 9.10. The molecule has 1 aliphatic carbocycles. The van der Waals surface area contributed by atoms with E-state index in [1.807, 2.05) is 18.2 Å². The van der Waals surface area contributed by atoms with E-state index >= 15 is 0 Å². The van der Waals surface area contributed by atoms with Gasteiger partial charge in [-0.1, -0.05) is 15.9 Å². The molecule has 0 atom stereocenters. The van der Waals surface area contributed by atoms with E-state index in [1.165, 1.54) is 0 Å². The third kappa shape index (κ3) is 2.06. The molecule has 92 valence electrons. The Hall–Kier alpha value is -1.62. The zero-order valence-electron chi connectivity index (χ0n) is 9.69. The summed E-state index contributed by atoms with van der Waals surface area (Å²) in [5.74, 6) is 1.26. The van der Waals surface area contributed by atoms with Crippen LogP contribution in [0.1, 0.15) is 17.7 Å². The smallest absolute Gasteiger partial charge is 0.225 e. The zero-order valence-corrected chi connectivity index (χ0v) is 11.3. The topological polar surface area (TPSA) is 61.0 Å². The largest absolute Gasteiger partial charge is 0.436 e. The number of anilines is 1. The molecular weight excluding hydrogens is 294 g/mol. The van der Waals surface area contributed by atoms with Gasteiger partial charge in [0.15, 0.2) is 5.75 Å². The Morgan fingerprint density at radius 1 is 1.22 bits per heavy atom. The number of nitrogens with two attached hydrogens (primary N) is 1. The van der Waals surface area contributed by atoms with Gasteiger partial charge in [-0.3, -0.25) is 0 Å². The first-order valence-corrected chi connectivity index (χ1v) is 6.59. The molecule has 0 saturated carbocycles. The molecule has 18 heavy (non-hydrogen) atoms. The van der Waals surface area contributed by atoms with E-state index in [-0.39, 0.29) is 0 Å². The van der Waals surface area contributed by atoms with Crippen molar-refractivity contribution in [1.29, 1.82) is 0 Å². The minimum atomic E-state index is 0.592. The van der Waals surface area contributed by atoms with E-state index in [9.17, 15) is 0 Å². The summed E-state index contributed by atoms with van der Waals surface area (Å²) in [7, 11) is 0. The zero-order chi connectivity index (χ0) is 12.5. The van der Waals surface area contributed by atoms with Crippen LogP contribution < -0.4 is 10.5 Å². The van der Waals surface area contributed by atoms with Crippen LogP contribution in [-0.2, 0) is 12.8 Å². The second-order valence-corrected chi connectivity index (χ2v) is 5.16. The number of aryl methyl sites for hydroxylation is 1. The summed E-state index contributed by atoms with van der Waals surface area (Å²) in [5, 5.41) is 0. The van der Waals surface area contributed by atoms with Gasteiger partial charge in [0.1, 0.15) is 6.33 Å². The number of rotatable bonds is 2. The van der Waals surface area contributed by atoms with Crippen LogP contribution in [0.2, 0.25) is 0 Å². The molecule has 0 aliphatic heterocycles. The summed E-state index contributed by atoms with van der Waals surface area (Å²) in [6.07, 6.45) is 4.64. The van der Waals surface area contributed by atoms with Crippen LogP contribution in [0, 0.1) is 0 Å². The molecule has 1 aromatic carbocycles. The standard InChI is InChI=1S/C13H12BrN3O/c14-8-4-5-12(10(15)6-8)18-13-9-2-1-3-11(9)16-7-17-13/h4-7H,1-3,15H2. The Labute approximate surface area is 113 Å². The number of benzene rings is 1. The van der Waals surface area contributed by atoms with E-state index in [2.05, 4.69) is 25.9 Å². The summed E-state index contributed by atoms with van der Waals surface area (Å²) in [6, 6.07) is 5.55. The van der Waals surface area contributed by atoms with Gasteiger partial charge >= 0.3 is 0 Å². The van der Waals surface area contributed by atoms with Gasteiger partial charge in [0.2, 0.25) is 5.88 Å². The predicted octanol–water partition coefficient (Wildman–Crippen LogP) is 3.10. The number of hydrogen-bond acceptors (Lipinski definition) is 4. The van der Waals surface area contributed by atoms with Crippen LogP contribution in [0.4, 0.5) is 5.69 Å². The van der Waals surface area contributed by atoms with Crippen LogP contribution >= 0.6 is 15.9 Å². The van der Waals surface area contributed by atoms with Gasteiger partial charge in [-0.25, -0.2) is 9.97 Å². The van der Waals surface area contributed by atoms with Crippen molar-refractivity contribution in [2.45, 2.75) is 19.3 Å². The van der Waals surface area contributed by atoms with E-state index in [0.717, 1.165) is 35.0 Å². The van der Waals surface area contributed by atoms with Crippen LogP contribution in [-0.4, -0.2) is 9.97 Å². The van der Waals surface area contributed by atoms with E-state index in [1.54, 1.807) is 6.33 Å². The Balaban J connectivity index is 1.95. The fourth-order valence-electron chi connectivity index (χ4n) is 2.13. The molecule has 1 heterocycles. The highest BCUT2D eigenvalue weighted by Crippen LogP contribution is 2.33. The highest BCUT2D eigenvalue weighted by Gasteiger charge is 2.19. The SMILES string of the molecule is Nc1cc(Br)ccc1Oc1ncnc2c1CCC2. The lowest BCUT2D eigenvalue weighted by molar-refractivity contribution is 0.457. The van der Waals surface area contributed by atoms with Crippen molar-refractivity contribution >= 4 is 21.6 Å². The molecule has 2 aromatic rings. The fraction of sp³-hybridized carbons (Fsp3) is 0.231. The van der Waals surface area contributed by atoms with Crippen molar-refractivity contribution in [3.8, 4) is 11.6 Å². The average molecular weight is 306 g/mol. The van der Waals surface area contributed by atoms with Crippen molar-refractivity contribution in [1.82, 2.24) is 9.97 Å². The Morgan fingerprint density at radius 2 is 2.11 bits per heavy atom. The summed E-state index contributed by atoms with van der Waals surface area (Å²) in [5.41, 5.74) is 8.71. The number of halogens is 1. The van der Waals surface area contributed by atoms with Crippen molar-refractivity contribution in [3.05, 3.63) is 40.3 Å². The molecule has 1 aromatic heterocycles. The lowest BCUT2D eigenvalue weighted by atomic mass is 10.2. The number of aromatic nitrogens is 2. The average Bonchev–Trinajstić information content (AvgIpc) is 2.82. The minimum absolute atomic E-state index is 0.592. The maximum absolute atomic E-state index is 5.92. The first-order chi connectivity index (χ1) is 8.74. The van der Waals surface area contributed by atoms with Crippen molar-refractivity contribution < 1.29 is 4.74 Å². The maximum atomic E-state index is 5.92. The van der Waals surface area contributed by atoms with Crippen molar-refractivity contribution in [2.24, 2.45) is 0 Å². The fourth-order valence-corrected chi connectivity index (χ4v) is 2.51. The van der Waals surface area contributed by atoms with Gasteiger partial charge in [0.25, 0.3) is 0 Å². The molecular formula is C13H12BrN3O. The molecule has 4 nitrogen and oxygen atoms in total. The van der Waals surface area contributed by atoms with Crippen LogP contribution in [0.15, 0.2) is 29.0 Å². The van der Waals surface area contributed by atoms with Crippen molar-refractivity contribution in [3.63, 3.8) is 0 Å². The number of nitrogen functional groups attached to an aromatic ring is 1. The lowest BCUT2D eigenvalue weighted by Crippen LogP contribution is -1.98. The van der Waals surface area contributed by atoms with E-state index < -0.39 is 0 Å². The summed E-state index contributed by atoms with van der Waals surface area (Å²) < 4.78 is 6.74. The molecule has 0 amide bonds. The number of nitrogens with zero attached hydrogens (tertiary/aromatic N) is 2. The van der Waals surface area contributed by atoms with Gasteiger partial charge < -0.3 is 10.5 Å². The predicted molar refractivity (Wildman–Crippen MR) is 72.7 cm³/mol. The number of ether oxygens (including phenoxy) is 1. The maximum Gasteiger partial charge on any atom is 0.225 e. The Kier molecular flexibility index (Phi) is 2.91. The molecule has 0 radical (unpaired) electrons. The first kappa shape index (κ1) is 11.5. The third-order valence-electron chi connectivity index (χ3n) is 3.01. The molecule has 2 N–H and O–H groups in total. The first-order valence-electron chi connectivity index (χ1n) is 5.79. The number of hydrogen-bond donors (Lipinski definition) is 1. The van der Waals surface area contributed by atoms with Gasteiger partial charge in [0.05, 0.1) is 11.4 Å². The van der Waals surface area contributed by atoms with Gasteiger partial charge in [-0.05, 0) is 37.5 Å². The molecule has 0 saturated heterocycles. The van der Waals surface area contributed by atoms with Crippen molar-refractivity contribution in [2.75, 3.05) is 5.73 Å². The van der Waals surface area contributed by atoms with Gasteiger partial charge in [0, 0.05) is 10.0 Å². The van der Waals surface area contributed by atoms with E-state index in [0.29, 0.717) is 17.3 Å². The quantitative estimate of drug-likeness (QED) is 0.866. The highest BCUT2D eigenvalue weighted by atomic mass is 79.9. The van der Waals surface area contributed by atoms with E-state index in [4.69, 9.17) is 10.5 Å². The summed E-state index contributed by atoms with van der Waals surface area (Å²) >= 11 is 3.37. The Bertz CT molecular complexity index is 601. The summed E-state index contributed by atoms with van der Waals surface area (Å²) in [4.78, 5) is 8.48. The number of fused-ring (bicyclic) bond motifs is 1. The second kappa shape index (κ2) is 4.57. The molecule has 3 rings (SSSR count). The van der Waals surface area contributed by atoms with Gasteiger partial charge in [-0.15, -0.1) is 0 Å². The normalized spacial score (nSPS) is 13.4. The van der Waals surface area contributed by atoms with Crippen LogP contribution in [0.3, 0.4) is 0 Å². The Morgan fingerprint density at radius 3 is 2.94 bits per heavy atom.